The average Bonchev–Trinajstić information content (AvgIpc) is 3.23. The minimum absolute atomic E-state index is 0.140. The molecule has 1 aliphatic rings. The third-order valence-corrected chi connectivity index (χ3v) is 6.29. The van der Waals surface area contributed by atoms with Crippen LogP contribution in [0.1, 0.15) is 46.0 Å². The fourth-order valence-corrected chi connectivity index (χ4v) is 3.92. The van der Waals surface area contributed by atoms with Crippen molar-refractivity contribution in [2.75, 3.05) is 18.6 Å². The van der Waals surface area contributed by atoms with Gasteiger partial charge in [0.2, 0.25) is 23.6 Å². The molecule has 1 heterocycles. The predicted octanol–water partition coefficient (Wildman–Crippen LogP) is -0.966. The zero-order valence-electron chi connectivity index (χ0n) is 18.8. The molecule has 12 heteroatoms. The number of thioether (sulfide) groups is 1. The molecule has 0 aromatic carbocycles. The fraction of sp³-hybridized carbons (Fsp3) is 0.750. The molecule has 0 aliphatic carbocycles. The van der Waals surface area contributed by atoms with Crippen molar-refractivity contribution in [1.29, 1.82) is 0 Å². The number of nitrogens with two attached hydrogens (primary N) is 2. The van der Waals surface area contributed by atoms with E-state index < -0.39 is 60.2 Å². The van der Waals surface area contributed by atoms with Crippen LogP contribution in [0.3, 0.4) is 0 Å². The number of aliphatic carboxylic acids is 1. The molecule has 11 nitrogen and oxygen atoms in total. The summed E-state index contributed by atoms with van der Waals surface area (Å²) in [6.45, 7) is 3.91. The Labute approximate surface area is 192 Å². The molecule has 4 amide bonds. The summed E-state index contributed by atoms with van der Waals surface area (Å²) in [5.41, 5.74) is 11.2. The van der Waals surface area contributed by atoms with Gasteiger partial charge < -0.3 is 32.1 Å². The van der Waals surface area contributed by atoms with Crippen LogP contribution >= 0.6 is 11.8 Å². The van der Waals surface area contributed by atoms with Crippen LogP contribution in [0, 0.1) is 5.92 Å². The maximum Gasteiger partial charge on any atom is 0.326 e. The highest BCUT2D eigenvalue weighted by atomic mass is 32.2. The highest BCUT2D eigenvalue weighted by Gasteiger charge is 2.39. The molecule has 0 bridgehead atoms. The summed E-state index contributed by atoms with van der Waals surface area (Å²) in [5, 5.41) is 14.4. The van der Waals surface area contributed by atoms with E-state index in [1.54, 1.807) is 6.92 Å². The Balaban J connectivity index is 2.95. The summed E-state index contributed by atoms with van der Waals surface area (Å²) < 4.78 is 0. The van der Waals surface area contributed by atoms with Crippen molar-refractivity contribution in [2.24, 2.45) is 17.4 Å². The number of carboxylic acid groups (broad SMARTS) is 1. The number of nitrogens with zero attached hydrogens (tertiary/aromatic N) is 1. The highest BCUT2D eigenvalue weighted by molar-refractivity contribution is 7.98. The Morgan fingerprint density at radius 2 is 1.84 bits per heavy atom. The second-order valence-corrected chi connectivity index (χ2v) is 9.00. The lowest BCUT2D eigenvalue weighted by Gasteiger charge is -2.30. The smallest absolute Gasteiger partial charge is 0.326 e. The van der Waals surface area contributed by atoms with E-state index in [9.17, 15) is 29.1 Å². The first-order valence-corrected chi connectivity index (χ1v) is 12.1. The van der Waals surface area contributed by atoms with Gasteiger partial charge >= 0.3 is 5.97 Å². The molecule has 5 unspecified atom stereocenters. The molecule has 0 aromatic heterocycles. The van der Waals surface area contributed by atoms with E-state index >= 15 is 0 Å². The number of amides is 4. The first-order chi connectivity index (χ1) is 15.0. The summed E-state index contributed by atoms with van der Waals surface area (Å²) in [4.78, 5) is 62.6. The Morgan fingerprint density at radius 3 is 2.38 bits per heavy atom. The summed E-state index contributed by atoms with van der Waals surface area (Å²) in [5.74, 6) is -3.31. The lowest BCUT2D eigenvalue weighted by molar-refractivity contribution is -0.145. The number of hydrogen-bond acceptors (Lipinski definition) is 7. The van der Waals surface area contributed by atoms with E-state index in [1.807, 2.05) is 13.2 Å². The molecule has 0 saturated carbocycles. The van der Waals surface area contributed by atoms with Gasteiger partial charge in [-0.2, -0.15) is 11.8 Å². The monoisotopic (exact) mass is 473 g/mol. The minimum atomic E-state index is -1.25. The van der Waals surface area contributed by atoms with Crippen LogP contribution in [0.4, 0.5) is 0 Å². The van der Waals surface area contributed by atoms with E-state index in [-0.39, 0.29) is 18.9 Å². The number of hydrogen-bond donors (Lipinski definition) is 5. The van der Waals surface area contributed by atoms with Crippen LogP contribution in [-0.4, -0.2) is 82.3 Å². The fourth-order valence-electron chi connectivity index (χ4n) is 3.45. The molecule has 5 atom stereocenters. The minimum Gasteiger partial charge on any atom is -0.480 e. The van der Waals surface area contributed by atoms with Crippen molar-refractivity contribution < 1.29 is 29.1 Å². The number of likely N-dealkylation sites (tertiary alicyclic amines) is 1. The predicted molar refractivity (Wildman–Crippen MR) is 120 cm³/mol. The van der Waals surface area contributed by atoms with Gasteiger partial charge in [0.1, 0.15) is 18.1 Å². The summed E-state index contributed by atoms with van der Waals surface area (Å²) >= 11 is 1.46. The van der Waals surface area contributed by atoms with Gasteiger partial charge in [0, 0.05) is 6.54 Å². The van der Waals surface area contributed by atoms with Gasteiger partial charge in [0.05, 0.1) is 12.5 Å². The molecule has 32 heavy (non-hydrogen) atoms. The lowest BCUT2D eigenvalue weighted by Crippen LogP contribution is -2.58. The van der Waals surface area contributed by atoms with Crippen molar-refractivity contribution in [3.63, 3.8) is 0 Å². The second kappa shape index (κ2) is 13.3. The summed E-state index contributed by atoms with van der Waals surface area (Å²) in [6.07, 6.45) is 3.16. The Bertz CT molecular complexity index is 706. The molecule has 1 fully saturated rings. The van der Waals surface area contributed by atoms with Gasteiger partial charge in [-0.05, 0) is 37.2 Å². The van der Waals surface area contributed by atoms with Gasteiger partial charge in [-0.1, -0.05) is 20.3 Å². The zero-order chi connectivity index (χ0) is 24.4. The van der Waals surface area contributed by atoms with Crippen LogP contribution in [0.5, 0.6) is 0 Å². The normalized spacial score (nSPS) is 19.5. The number of carbonyl (C=O) groups excluding carboxylic acids is 4. The van der Waals surface area contributed by atoms with Gasteiger partial charge in [0.25, 0.3) is 0 Å². The molecule has 1 aliphatic heterocycles. The van der Waals surface area contributed by atoms with Gasteiger partial charge in [-0.25, -0.2) is 4.79 Å². The van der Waals surface area contributed by atoms with Gasteiger partial charge in [-0.15, -0.1) is 0 Å². The number of carbonyl (C=O) groups is 5. The molecule has 7 N–H and O–H groups in total. The molecular formula is C20H35N5O6S. The van der Waals surface area contributed by atoms with Gasteiger partial charge in [0.15, 0.2) is 0 Å². The van der Waals surface area contributed by atoms with Crippen molar-refractivity contribution in [2.45, 2.75) is 70.1 Å². The van der Waals surface area contributed by atoms with Crippen molar-refractivity contribution in [1.82, 2.24) is 15.5 Å². The van der Waals surface area contributed by atoms with Crippen molar-refractivity contribution in [3.05, 3.63) is 0 Å². The largest absolute Gasteiger partial charge is 0.480 e. The topological polar surface area (TPSA) is 185 Å². The van der Waals surface area contributed by atoms with E-state index in [0.717, 1.165) is 0 Å². The zero-order valence-corrected chi connectivity index (χ0v) is 19.7. The van der Waals surface area contributed by atoms with E-state index in [2.05, 4.69) is 10.6 Å². The molecule has 1 rings (SSSR count). The number of carboxylic acids is 1. The summed E-state index contributed by atoms with van der Waals surface area (Å²) in [6, 6.07) is -4.08. The molecule has 182 valence electrons. The van der Waals surface area contributed by atoms with Crippen LogP contribution < -0.4 is 22.1 Å². The molecular weight excluding hydrogens is 438 g/mol. The van der Waals surface area contributed by atoms with E-state index in [0.29, 0.717) is 25.0 Å². The Kier molecular flexibility index (Phi) is 11.5. The van der Waals surface area contributed by atoms with Crippen LogP contribution in [0.25, 0.3) is 0 Å². The van der Waals surface area contributed by atoms with Crippen molar-refractivity contribution >= 4 is 41.4 Å². The maximum absolute atomic E-state index is 13.1. The summed E-state index contributed by atoms with van der Waals surface area (Å²) in [7, 11) is 0. The first kappa shape index (κ1) is 27.7. The molecule has 0 aromatic rings. The second-order valence-electron chi connectivity index (χ2n) is 8.01. The number of rotatable bonds is 13. The van der Waals surface area contributed by atoms with Crippen LogP contribution in [0.2, 0.25) is 0 Å². The molecule has 0 radical (unpaired) electrons. The highest BCUT2D eigenvalue weighted by Crippen LogP contribution is 2.20. The Morgan fingerprint density at radius 1 is 1.19 bits per heavy atom. The quantitative estimate of drug-likeness (QED) is 0.226. The SMILES string of the molecule is CCC(C)C(N)C(=O)NC(CC(N)=O)C(=O)N1CCCC1C(=O)NC(CCSC)C(=O)O. The molecule has 1 saturated heterocycles. The van der Waals surface area contributed by atoms with Gasteiger partial charge in [-0.3, -0.25) is 19.2 Å². The van der Waals surface area contributed by atoms with Crippen LogP contribution in [0.15, 0.2) is 0 Å². The first-order valence-electron chi connectivity index (χ1n) is 10.7. The lowest BCUT2D eigenvalue weighted by atomic mass is 9.99. The van der Waals surface area contributed by atoms with E-state index in [4.69, 9.17) is 11.5 Å². The Hall–Kier alpha value is -2.34. The standard InChI is InChI=1S/C20H35N5O6S/c1-4-11(2)16(22)18(28)24-13(10-15(21)26)19(29)25-8-5-6-14(25)17(27)23-12(20(30)31)7-9-32-3/h11-14,16H,4-10,22H2,1-3H3,(H2,21,26)(H,23,27)(H,24,28)(H,30,31). The molecule has 0 spiro atoms. The van der Waals surface area contributed by atoms with Crippen molar-refractivity contribution in [3.8, 4) is 0 Å². The van der Waals surface area contributed by atoms with Crippen LogP contribution in [-0.2, 0) is 24.0 Å². The average molecular weight is 474 g/mol. The third kappa shape index (κ3) is 7.97. The van der Waals surface area contributed by atoms with E-state index in [1.165, 1.54) is 16.7 Å². The maximum atomic E-state index is 13.1. The number of primary amides is 1. The third-order valence-electron chi connectivity index (χ3n) is 5.64. The number of nitrogens with one attached hydrogen (secondary N) is 2.